The van der Waals surface area contributed by atoms with E-state index in [0.29, 0.717) is 18.9 Å². The van der Waals surface area contributed by atoms with Crippen LogP contribution in [0.2, 0.25) is 0 Å². The molecule has 1 fully saturated rings. The van der Waals surface area contributed by atoms with Crippen molar-refractivity contribution in [2.45, 2.75) is 101 Å². The third-order valence-corrected chi connectivity index (χ3v) is 11.6. The fraction of sp³-hybridized carbons (Fsp3) is 0.636. The summed E-state index contributed by atoms with van der Waals surface area (Å²) < 4.78 is 41.3. The first-order valence-electron chi connectivity index (χ1n) is 16.4. The van der Waals surface area contributed by atoms with Crippen LogP contribution >= 0.6 is 11.3 Å². The van der Waals surface area contributed by atoms with Gasteiger partial charge in [0.2, 0.25) is 0 Å². The van der Waals surface area contributed by atoms with Crippen LogP contribution in [0.25, 0.3) is 0 Å². The van der Waals surface area contributed by atoms with Gasteiger partial charge in [-0.05, 0) is 75.6 Å². The largest absolute Gasteiger partial charge is 0.490 e. The van der Waals surface area contributed by atoms with Gasteiger partial charge in [0.05, 0.1) is 30.4 Å². The summed E-state index contributed by atoms with van der Waals surface area (Å²) in [5, 5.41) is 15.0. The van der Waals surface area contributed by atoms with E-state index < -0.39 is 22.0 Å². The molecule has 1 aliphatic heterocycles. The zero-order valence-electron chi connectivity index (χ0n) is 27.4. The molecule has 0 radical (unpaired) electrons. The minimum atomic E-state index is -3.84. The maximum Gasteiger partial charge on any atom is 0.317 e. The van der Waals surface area contributed by atoms with E-state index in [-0.39, 0.29) is 58.8 Å². The van der Waals surface area contributed by atoms with Crippen molar-refractivity contribution in [1.82, 2.24) is 15.1 Å². The number of thiophene rings is 1. The number of ether oxygens (including phenoxy) is 2. The average Bonchev–Trinajstić information content (AvgIpc) is 3.59. The normalized spacial score (nSPS) is 23.0. The molecule has 2 aliphatic rings. The van der Waals surface area contributed by atoms with E-state index in [1.54, 1.807) is 47.4 Å². The number of nitrogens with one attached hydrogen (secondary N) is 2. The quantitative estimate of drug-likeness (QED) is 0.344. The SMILES string of the molecule is C[C@@H]1CCCCO[C@@H](CN(C)C(=O)NC2CCCCC2)[C@H](C)CN([C@H](C)CO)C(=O)c2cc(NS(=O)(=O)c3cccs3)ccc2O1. The predicted octanol–water partition coefficient (Wildman–Crippen LogP) is 5.32. The fourth-order valence-corrected chi connectivity index (χ4v) is 8.00. The van der Waals surface area contributed by atoms with Crippen LogP contribution in [-0.4, -0.2) is 92.9 Å². The number of carbonyl (C=O) groups excluding carboxylic acids is 2. The molecule has 0 bridgehead atoms. The summed E-state index contributed by atoms with van der Waals surface area (Å²) in [5.74, 6) is -0.245. The topological polar surface area (TPSA) is 138 Å². The number of likely N-dealkylation sites (N-methyl/N-ethyl adjacent to an activating group) is 1. The highest BCUT2D eigenvalue weighted by Crippen LogP contribution is 2.30. The lowest BCUT2D eigenvalue weighted by Gasteiger charge is -2.36. The maximum absolute atomic E-state index is 14.3. The highest BCUT2D eigenvalue weighted by Gasteiger charge is 2.31. The Morgan fingerprint density at radius 3 is 2.57 bits per heavy atom. The summed E-state index contributed by atoms with van der Waals surface area (Å²) in [7, 11) is -2.07. The van der Waals surface area contributed by atoms with Crippen LogP contribution in [0.5, 0.6) is 5.75 Å². The Labute approximate surface area is 277 Å². The van der Waals surface area contributed by atoms with E-state index in [4.69, 9.17) is 9.47 Å². The Hall–Kier alpha value is -2.87. The number of aliphatic hydroxyl groups is 1. The lowest BCUT2D eigenvalue weighted by molar-refractivity contribution is -0.0123. The number of sulfonamides is 1. The molecule has 2 aromatic rings. The van der Waals surface area contributed by atoms with Crippen molar-refractivity contribution in [2.24, 2.45) is 5.92 Å². The first kappa shape index (κ1) is 36.0. The van der Waals surface area contributed by atoms with Gasteiger partial charge in [-0.2, -0.15) is 0 Å². The van der Waals surface area contributed by atoms with Gasteiger partial charge in [0.15, 0.2) is 0 Å². The van der Waals surface area contributed by atoms with E-state index in [1.165, 1.54) is 18.6 Å². The van der Waals surface area contributed by atoms with E-state index in [9.17, 15) is 23.1 Å². The number of urea groups is 1. The standard InChI is InChI=1S/C33H50N4O7S2/c1-23-20-37(24(2)22-38)32(39)28-19-27(35-46(41,42)31-14-10-18-45-31)15-16-29(28)44-25(3)11-8-9-17-43-30(23)21-36(4)33(40)34-26-12-6-5-7-13-26/h10,14-16,18-19,23-26,30,35,38H,5-9,11-13,17,20-22H2,1-4H3,(H,34,40)/t23-,24-,25-,30+/m1/s1. The minimum absolute atomic E-state index is 0.129. The molecule has 1 aromatic carbocycles. The number of rotatable bonds is 8. The predicted molar refractivity (Wildman–Crippen MR) is 180 cm³/mol. The molecule has 2 heterocycles. The average molecular weight is 679 g/mol. The molecule has 0 unspecified atom stereocenters. The molecule has 4 rings (SSSR count). The number of hydrogen-bond acceptors (Lipinski definition) is 8. The van der Waals surface area contributed by atoms with Crippen molar-refractivity contribution in [1.29, 1.82) is 0 Å². The van der Waals surface area contributed by atoms with Crippen LogP contribution in [0, 0.1) is 5.92 Å². The van der Waals surface area contributed by atoms with E-state index in [2.05, 4.69) is 10.0 Å². The van der Waals surface area contributed by atoms with Crippen LogP contribution in [0.3, 0.4) is 0 Å². The van der Waals surface area contributed by atoms with Crippen molar-refractivity contribution in [2.75, 3.05) is 38.1 Å². The van der Waals surface area contributed by atoms with Crippen molar-refractivity contribution < 1.29 is 32.6 Å². The van der Waals surface area contributed by atoms with Crippen molar-refractivity contribution in [3.63, 3.8) is 0 Å². The molecular formula is C33H50N4O7S2. The van der Waals surface area contributed by atoms with Gasteiger partial charge in [-0.1, -0.05) is 32.3 Å². The van der Waals surface area contributed by atoms with Crippen LogP contribution in [0.15, 0.2) is 39.9 Å². The van der Waals surface area contributed by atoms with Gasteiger partial charge in [0.25, 0.3) is 15.9 Å². The highest BCUT2D eigenvalue weighted by molar-refractivity contribution is 7.94. The third-order valence-electron chi connectivity index (χ3n) is 8.80. The number of aliphatic hydroxyl groups excluding tert-OH is 1. The Balaban J connectivity index is 1.60. The molecule has 1 saturated carbocycles. The van der Waals surface area contributed by atoms with Crippen molar-refractivity contribution >= 4 is 39.0 Å². The molecule has 46 heavy (non-hydrogen) atoms. The van der Waals surface area contributed by atoms with Gasteiger partial charge in [0.1, 0.15) is 9.96 Å². The van der Waals surface area contributed by atoms with Crippen LogP contribution in [0.4, 0.5) is 10.5 Å². The molecule has 1 aromatic heterocycles. The number of nitrogens with zero attached hydrogens (tertiary/aromatic N) is 2. The smallest absolute Gasteiger partial charge is 0.317 e. The highest BCUT2D eigenvalue weighted by atomic mass is 32.2. The maximum atomic E-state index is 14.3. The van der Waals surface area contributed by atoms with Crippen LogP contribution < -0.4 is 14.8 Å². The van der Waals surface area contributed by atoms with Gasteiger partial charge < -0.3 is 29.7 Å². The summed E-state index contributed by atoms with van der Waals surface area (Å²) >= 11 is 1.10. The third kappa shape index (κ3) is 9.82. The number of anilines is 1. The Morgan fingerprint density at radius 1 is 1.13 bits per heavy atom. The van der Waals surface area contributed by atoms with Gasteiger partial charge in [0, 0.05) is 44.4 Å². The number of carbonyl (C=O) groups is 2. The van der Waals surface area contributed by atoms with Crippen molar-refractivity contribution in [3.05, 3.63) is 41.3 Å². The second-order valence-electron chi connectivity index (χ2n) is 12.7. The second kappa shape index (κ2) is 16.8. The van der Waals surface area contributed by atoms with E-state index >= 15 is 0 Å². The Morgan fingerprint density at radius 2 is 1.87 bits per heavy atom. The molecule has 11 nitrogen and oxygen atoms in total. The lowest BCUT2D eigenvalue weighted by Crippen LogP contribution is -2.50. The summed E-state index contributed by atoms with van der Waals surface area (Å²) in [6, 6.07) is 7.41. The minimum Gasteiger partial charge on any atom is -0.490 e. The molecule has 0 spiro atoms. The fourth-order valence-electron chi connectivity index (χ4n) is 5.96. The van der Waals surface area contributed by atoms with Gasteiger partial charge >= 0.3 is 6.03 Å². The molecular weight excluding hydrogens is 629 g/mol. The number of amides is 3. The van der Waals surface area contributed by atoms with Gasteiger partial charge in [-0.15, -0.1) is 11.3 Å². The Bertz CT molecular complexity index is 1380. The molecule has 1 aliphatic carbocycles. The second-order valence-corrected chi connectivity index (χ2v) is 15.6. The van der Waals surface area contributed by atoms with Crippen LogP contribution in [0.1, 0.15) is 82.5 Å². The zero-order valence-corrected chi connectivity index (χ0v) is 29.1. The van der Waals surface area contributed by atoms with Crippen LogP contribution in [-0.2, 0) is 14.8 Å². The van der Waals surface area contributed by atoms with Gasteiger partial charge in [-0.25, -0.2) is 13.2 Å². The number of hydrogen-bond donors (Lipinski definition) is 3. The molecule has 256 valence electrons. The molecule has 3 N–H and O–H groups in total. The van der Waals surface area contributed by atoms with E-state index in [0.717, 1.165) is 56.3 Å². The number of fused-ring (bicyclic) bond motifs is 1. The first-order chi connectivity index (χ1) is 22.0. The summed E-state index contributed by atoms with van der Waals surface area (Å²) in [6.07, 6.45) is 7.25. The number of benzene rings is 1. The summed E-state index contributed by atoms with van der Waals surface area (Å²) in [5.41, 5.74) is 0.429. The van der Waals surface area contributed by atoms with Gasteiger partial charge in [-0.3, -0.25) is 9.52 Å². The molecule has 4 atom stereocenters. The summed E-state index contributed by atoms with van der Waals surface area (Å²) in [4.78, 5) is 30.7. The first-order valence-corrected chi connectivity index (χ1v) is 18.8. The van der Waals surface area contributed by atoms with Crippen molar-refractivity contribution in [3.8, 4) is 5.75 Å². The zero-order chi connectivity index (χ0) is 33.3. The van der Waals surface area contributed by atoms with E-state index in [1.807, 2.05) is 13.8 Å². The lowest BCUT2D eigenvalue weighted by atomic mass is 9.96. The molecule has 0 saturated heterocycles. The molecule has 3 amide bonds. The monoisotopic (exact) mass is 678 g/mol. The summed E-state index contributed by atoms with van der Waals surface area (Å²) in [6.45, 7) is 6.51. The Kier molecular flexibility index (Phi) is 13.1. The molecule has 13 heteroatoms.